The normalized spacial score (nSPS) is 35.8. The molecule has 1 nitrogen and oxygen atoms in total. The van der Waals surface area contributed by atoms with Gasteiger partial charge in [0.25, 0.3) is 0 Å². The van der Waals surface area contributed by atoms with Crippen molar-refractivity contribution in [3.05, 3.63) is 0 Å². The molecule has 0 aromatic rings. The molecule has 0 saturated heterocycles. The molecule has 0 radical (unpaired) electrons. The number of hydrogen-bond acceptors (Lipinski definition) is 1. The Bertz CT molecular complexity index is 149. The fourth-order valence-corrected chi connectivity index (χ4v) is 2.72. The lowest BCUT2D eigenvalue weighted by Gasteiger charge is -2.35. The van der Waals surface area contributed by atoms with E-state index in [-0.39, 0.29) is 0 Å². The predicted octanol–water partition coefficient (Wildman–Crippen LogP) is 3.10. The van der Waals surface area contributed by atoms with E-state index >= 15 is 0 Å². The zero-order valence-electron chi connectivity index (χ0n) is 8.89. The van der Waals surface area contributed by atoms with Crippen molar-refractivity contribution in [3.63, 3.8) is 0 Å². The second kappa shape index (κ2) is 4.45. The molecule has 0 spiro atoms. The Morgan fingerprint density at radius 2 is 1.69 bits per heavy atom. The molecule has 2 aliphatic carbocycles. The van der Waals surface area contributed by atoms with E-state index in [4.69, 9.17) is 0 Å². The minimum absolute atomic E-state index is 0.865. The minimum Gasteiger partial charge on any atom is -0.311 e. The Kier molecular flexibility index (Phi) is 3.26. The molecule has 0 amide bonds. The van der Waals surface area contributed by atoms with Crippen molar-refractivity contribution in [1.29, 1.82) is 0 Å². The predicted molar refractivity (Wildman–Crippen MR) is 56.8 cm³/mol. The van der Waals surface area contributed by atoms with Gasteiger partial charge in [0.2, 0.25) is 0 Å². The Balaban J connectivity index is 1.71. The van der Waals surface area contributed by atoms with E-state index in [9.17, 15) is 0 Å². The number of hydrogen-bond donors (Lipinski definition) is 1. The molecule has 13 heavy (non-hydrogen) atoms. The van der Waals surface area contributed by atoms with Crippen molar-refractivity contribution in [2.45, 2.75) is 70.4 Å². The summed E-state index contributed by atoms with van der Waals surface area (Å²) in [5, 5.41) is 3.82. The van der Waals surface area contributed by atoms with Gasteiger partial charge in [-0.15, -0.1) is 0 Å². The molecule has 2 aliphatic rings. The third-order valence-corrected chi connectivity index (χ3v) is 3.94. The van der Waals surface area contributed by atoms with Gasteiger partial charge in [0.1, 0.15) is 0 Å². The van der Waals surface area contributed by atoms with Gasteiger partial charge in [-0.1, -0.05) is 32.6 Å². The van der Waals surface area contributed by atoms with Crippen LogP contribution in [-0.2, 0) is 0 Å². The van der Waals surface area contributed by atoms with E-state index in [0.717, 1.165) is 18.0 Å². The van der Waals surface area contributed by atoms with Gasteiger partial charge in [-0.3, -0.25) is 0 Å². The summed E-state index contributed by atoms with van der Waals surface area (Å²) in [7, 11) is 0. The Labute approximate surface area is 82.3 Å². The molecule has 0 bridgehead atoms. The topological polar surface area (TPSA) is 12.0 Å². The van der Waals surface area contributed by atoms with Crippen LogP contribution in [0.5, 0.6) is 0 Å². The molecule has 0 aromatic heterocycles. The first-order valence-corrected chi connectivity index (χ1v) is 6.14. The van der Waals surface area contributed by atoms with Gasteiger partial charge >= 0.3 is 0 Å². The fraction of sp³-hybridized carbons (Fsp3) is 1.00. The van der Waals surface area contributed by atoms with E-state index in [2.05, 4.69) is 12.2 Å². The molecule has 2 atom stereocenters. The van der Waals surface area contributed by atoms with Gasteiger partial charge < -0.3 is 5.32 Å². The van der Waals surface area contributed by atoms with Crippen LogP contribution >= 0.6 is 0 Å². The first kappa shape index (κ1) is 9.51. The molecular formula is C12H23N. The summed E-state index contributed by atoms with van der Waals surface area (Å²) < 4.78 is 0. The lowest BCUT2D eigenvalue weighted by atomic mass is 9.82. The Morgan fingerprint density at radius 1 is 1.00 bits per heavy atom. The lowest BCUT2D eigenvalue weighted by Crippen LogP contribution is -2.44. The molecule has 1 N–H and O–H groups in total. The van der Waals surface area contributed by atoms with Gasteiger partial charge in [0, 0.05) is 12.1 Å². The molecule has 0 heterocycles. The van der Waals surface area contributed by atoms with Crippen molar-refractivity contribution in [2.24, 2.45) is 5.92 Å². The highest BCUT2D eigenvalue weighted by molar-refractivity contribution is 4.84. The van der Waals surface area contributed by atoms with Crippen molar-refractivity contribution >= 4 is 0 Å². The monoisotopic (exact) mass is 181 g/mol. The third-order valence-electron chi connectivity index (χ3n) is 3.94. The molecular weight excluding hydrogens is 158 g/mol. The highest BCUT2D eigenvalue weighted by Crippen LogP contribution is 2.28. The van der Waals surface area contributed by atoms with Gasteiger partial charge in [-0.25, -0.2) is 0 Å². The average molecular weight is 181 g/mol. The molecule has 2 fully saturated rings. The van der Waals surface area contributed by atoms with Crippen LogP contribution in [-0.4, -0.2) is 12.1 Å². The molecule has 2 unspecified atom stereocenters. The molecule has 1 heteroatoms. The van der Waals surface area contributed by atoms with Gasteiger partial charge in [-0.05, 0) is 31.6 Å². The summed E-state index contributed by atoms with van der Waals surface area (Å²) in [6, 6.07) is 1.75. The summed E-state index contributed by atoms with van der Waals surface area (Å²) in [5.74, 6) is 1.02. The fourth-order valence-electron chi connectivity index (χ4n) is 2.72. The van der Waals surface area contributed by atoms with Crippen LogP contribution in [0.4, 0.5) is 0 Å². The van der Waals surface area contributed by atoms with Crippen LogP contribution in [0, 0.1) is 5.92 Å². The second-order valence-corrected chi connectivity index (χ2v) is 4.93. The summed E-state index contributed by atoms with van der Waals surface area (Å²) in [4.78, 5) is 0. The summed E-state index contributed by atoms with van der Waals surface area (Å²) in [5.41, 5.74) is 0. The largest absolute Gasteiger partial charge is 0.311 e. The maximum Gasteiger partial charge on any atom is 0.00722 e. The van der Waals surface area contributed by atoms with Crippen molar-refractivity contribution in [1.82, 2.24) is 5.32 Å². The smallest absolute Gasteiger partial charge is 0.00722 e. The van der Waals surface area contributed by atoms with E-state index < -0.39 is 0 Å². The highest BCUT2D eigenvalue weighted by atomic mass is 15.0. The van der Waals surface area contributed by atoms with Crippen LogP contribution in [0.1, 0.15) is 58.3 Å². The first-order chi connectivity index (χ1) is 6.38. The van der Waals surface area contributed by atoms with Gasteiger partial charge in [0.05, 0.1) is 0 Å². The lowest BCUT2D eigenvalue weighted by molar-refractivity contribution is 0.226. The van der Waals surface area contributed by atoms with Crippen molar-refractivity contribution in [2.75, 3.05) is 0 Å². The molecule has 76 valence electrons. The van der Waals surface area contributed by atoms with Crippen LogP contribution in [0.15, 0.2) is 0 Å². The zero-order valence-corrected chi connectivity index (χ0v) is 8.89. The Morgan fingerprint density at radius 3 is 2.31 bits per heavy atom. The zero-order chi connectivity index (χ0) is 9.10. The van der Waals surface area contributed by atoms with Gasteiger partial charge in [-0.2, -0.15) is 0 Å². The van der Waals surface area contributed by atoms with Crippen molar-refractivity contribution in [3.8, 4) is 0 Å². The molecule has 0 aromatic carbocycles. The van der Waals surface area contributed by atoms with Crippen LogP contribution in [0.3, 0.4) is 0 Å². The standard InChI is InChI=1S/C12H23N/c1-2-10-5-3-8-12(9-10)13-11-6-4-7-11/h10-13H,2-9H2,1H3. The highest BCUT2D eigenvalue weighted by Gasteiger charge is 2.25. The van der Waals surface area contributed by atoms with E-state index in [1.54, 1.807) is 0 Å². The van der Waals surface area contributed by atoms with E-state index in [1.807, 2.05) is 0 Å². The van der Waals surface area contributed by atoms with Gasteiger partial charge in [0.15, 0.2) is 0 Å². The third kappa shape index (κ3) is 2.46. The maximum absolute atomic E-state index is 3.82. The van der Waals surface area contributed by atoms with E-state index in [0.29, 0.717) is 0 Å². The second-order valence-electron chi connectivity index (χ2n) is 4.93. The molecule has 2 rings (SSSR count). The molecule has 0 aliphatic heterocycles. The SMILES string of the molecule is CCC1CCCC(NC2CCC2)C1. The first-order valence-electron chi connectivity index (χ1n) is 6.14. The van der Waals surface area contributed by atoms with Crippen LogP contribution < -0.4 is 5.32 Å². The maximum atomic E-state index is 3.82. The quantitative estimate of drug-likeness (QED) is 0.705. The Hall–Kier alpha value is -0.0400. The number of nitrogens with one attached hydrogen (secondary N) is 1. The minimum atomic E-state index is 0.865. The van der Waals surface area contributed by atoms with Crippen molar-refractivity contribution < 1.29 is 0 Å². The average Bonchev–Trinajstić information content (AvgIpc) is 2.12. The summed E-state index contributed by atoms with van der Waals surface area (Å²) in [6.45, 7) is 2.34. The summed E-state index contributed by atoms with van der Waals surface area (Å²) >= 11 is 0. The van der Waals surface area contributed by atoms with Crippen LogP contribution in [0.25, 0.3) is 0 Å². The molecule has 2 saturated carbocycles. The number of rotatable bonds is 3. The summed E-state index contributed by atoms with van der Waals surface area (Å²) in [6.07, 6.45) is 11.6. The van der Waals surface area contributed by atoms with Crippen LogP contribution in [0.2, 0.25) is 0 Å². The van der Waals surface area contributed by atoms with E-state index in [1.165, 1.54) is 51.4 Å².